The number of benzene rings is 1. The van der Waals surface area contributed by atoms with Crippen molar-refractivity contribution in [1.82, 2.24) is 5.32 Å². The third-order valence-electron chi connectivity index (χ3n) is 2.10. The lowest BCUT2D eigenvalue weighted by Crippen LogP contribution is -2.18. The van der Waals surface area contributed by atoms with Crippen LogP contribution in [0.1, 0.15) is 19.4 Å². The summed E-state index contributed by atoms with van der Waals surface area (Å²) in [5.74, 6) is 0.608. The first-order chi connectivity index (χ1) is 7.13. The summed E-state index contributed by atoms with van der Waals surface area (Å²) in [5, 5.41) is 3.29. The molecule has 84 valence electrons. The van der Waals surface area contributed by atoms with Crippen molar-refractivity contribution < 1.29 is 9.13 Å². The van der Waals surface area contributed by atoms with E-state index in [1.54, 1.807) is 12.1 Å². The summed E-state index contributed by atoms with van der Waals surface area (Å²) < 4.78 is 18.0. The highest BCUT2D eigenvalue weighted by molar-refractivity contribution is 5.30. The summed E-state index contributed by atoms with van der Waals surface area (Å²) in [5.41, 5.74) is 1.04. The average molecular weight is 211 g/mol. The molecule has 3 heteroatoms. The van der Waals surface area contributed by atoms with Crippen molar-refractivity contribution in [3.05, 3.63) is 29.6 Å². The fraction of sp³-hybridized carbons (Fsp3) is 0.500. The zero-order chi connectivity index (χ0) is 11.3. The Hall–Kier alpha value is -1.09. The van der Waals surface area contributed by atoms with Gasteiger partial charge < -0.3 is 10.1 Å². The van der Waals surface area contributed by atoms with Crippen molar-refractivity contribution in [2.75, 3.05) is 13.7 Å². The van der Waals surface area contributed by atoms with E-state index >= 15 is 0 Å². The predicted molar refractivity (Wildman–Crippen MR) is 59.5 cm³/mol. The van der Waals surface area contributed by atoms with E-state index in [1.165, 1.54) is 13.2 Å². The minimum Gasteiger partial charge on any atom is -0.494 e. The van der Waals surface area contributed by atoms with E-state index in [0.717, 1.165) is 18.7 Å². The van der Waals surface area contributed by atoms with Crippen LogP contribution in [0.2, 0.25) is 0 Å². The SMILES string of the molecule is COc1cc(CNCC(C)C)ccc1F. The Labute approximate surface area is 90.4 Å². The van der Waals surface area contributed by atoms with Crippen molar-refractivity contribution in [3.63, 3.8) is 0 Å². The Bertz CT molecular complexity index is 312. The number of ether oxygens (including phenoxy) is 1. The molecule has 0 amide bonds. The topological polar surface area (TPSA) is 21.3 Å². The molecule has 0 spiro atoms. The molecule has 1 N–H and O–H groups in total. The summed E-state index contributed by atoms with van der Waals surface area (Å²) >= 11 is 0. The standard InChI is InChI=1S/C12H18FNO/c1-9(2)7-14-8-10-4-5-11(13)12(6-10)15-3/h4-6,9,14H,7-8H2,1-3H3. The first-order valence-electron chi connectivity index (χ1n) is 5.16. The predicted octanol–water partition coefficient (Wildman–Crippen LogP) is 2.58. The van der Waals surface area contributed by atoms with Crippen molar-refractivity contribution in [1.29, 1.82) is 0 Å². The van der Waals surface area contributed by atoms with Gasteiger partial charge in [0.25, 0.3) is 0 Å². The van der Waals surface area contributed by atoms with E-state index in [9.17, 15) is 4.39 Å². The Morgan fingerprint density at radius 3 is 2.73 bits per heavy atom. The third-order valence-corrected chi connectivity index (χ3v) is 2.10. The van der Waals surface area contributed by atoms with Gasteiger partial charge in [0.1, 0.15) is 0 Å². The van der Waals surface area contributed by atoms with Gasteiger partial charge >= 0.3 is 0 Å². The number of rotatable bonds is 5. The lowest BCUT2D eigenvalue weighted by molar-refractivity contribution is 0.385. The Kier molecular flexibility index (Phi) is 4.56. The van der Waals surface area contributed by atoms with E-state index in [0.29, 0.717) is 11.7 Å². The molecule has 0 unspecified atom stereocenters. The smallest absolute Gasteiger partial charge is 0.165 e. The summed E-state index contributed by atoms with van der Waals surface area (Å²) in [6.07, 6.45) is 0. The lowest BCUT2D eigenvalue weighted by Gasteiger charge is -2.09. The van der Waals surface area contributed by atoms with Gasteiger partial charge in [0.2, 0.25) is 0 Å². The molecule has 0 fully saturated rings. The normalized spacial score (nSPS) is 10.7. The highest BCUT2D eigenvalue weighted by atomic mass is 19.1. The van der Waals surface area contributed by atoms with Gasteiger partial charge in [-0.3, -0.25) is 0 Å². The van der Waals surface area contributed by atoms with Gasteiger partial charge in [-0.15, -0.1) is 0 Å². The van der Waals surface area contributed by atoms with E-state index in [4.69, 9.17) is 4.74 Å². The molecule has 15 heavy (non-hydrogen) atoms. The monoisotopic (exact) mass is 211 g/mol. The van der Waals surface area contributed by atoms with Crippen LogP contribution in [0.4, 0.5) is 4.39 Å². The molecule has 0 radical (unpaired) electrons. The number of hydrogen-bond acceptors (Lipinski definition) is 2. The molecule has 0 heterocycles. The van der Waals surface area contributed by atoms with E-state index in [-0.39, 0.29) is 5.82 Å². The second-order valence-electron chi connectivity index (χ2n) is 3.99. The maximum absolute atomic E-state index is 13.1. The molecular weight excluding hydrogens is 193 g/mol. The van der Waals surface area contributed by atoms with Crippen LogP contribution in [0.25, 0.3) is 0 Å². The fourth-order valence-corrected chi connectivity index (χ4v) is 1.32. The maximum atomic E-state index is 13.1. The Balaban J connectivity index is 2.54. The fourth-order valence-electron chi connectivity index (χ4n) is 1.32. The van der Waals surface area contributed by atoms with Gasteiger partial charge in [0.05, 0.1) is 7.11 Å². The second kappa shape index (κ2) is 5.71. The molecule has 0 saturated heterocycles. The van der Waals surface area contributed by atoms with Crippen LogP contribution in [0, 0.1) is 11.7 Å². The largest absolute Gasteiger partial charge is 0.494 e. The maximum Gasteiger partial charge on any atom is 0.165 e. The third kappa shape index (κ3) is 3.88. The molecule has 0 atom stereocenters. The van der Waals surface area contributed by atoms with Crippen LogP contribution in [0.15, 0.2) is 18.2 Å². The molecule has 0 aliphatic carbocycles. The van der Waals surface area contributed by atoms with Gasteiger partial charge in [-0.2, -0.15) is 0 Å². The zero-order valence-electron chi connectivity index (χ0n) is 9.51. The number of nitrogens with one attached hydrogen (secondary N) is 1. The molecule has 1 aromatic carbocycles. The molecule has 1 rings (SSSR count). The van der Waals surface area contributed by atoms with Crippen LogP contribution < -0.4 is 10.1 Å². The number of halogens is 1. The number of methoxy groups -OCH3 is 1. The van der Waals surface area contributed by atoms with Gasteiger partial charge in [0.15, 0.2) is 11.6 Å². The van der Waals surface area contributed by atoms with Crippen LogP contribution >= 0.6 is 0 Å². The molecule has 0 aromatic heterocycles. The lowest BCUT2D eigenvalue weighted by atomic mass is 10.2. The van der Waals surface area contributed by atoms with Crippen molar-refractivity contribution >= 4 is 0 Å². The highest BCUT2D eigenvalue weighted by Crippen LogP contribution is 2.17. The molecule has 0 aliphatic rings. The van der Waals surface area contributed by atoms with Gasteiger partial charge in [-0.1, -0.05) is 19.9 Å². The first-order valence-corrected chi connectivity index (χ1v) is 5.16. The van der Waals surface area contributed by atoms with Crippen molar-refractivity contribution in [2.45, 2.75) is 20.4 Å². The first kappa shape index (κ1) is 12.0. The van der Waals surface area contributed by atoms with Crippen molar-refractivity contribution in [2.24, 2.45) is 5.92 Å². The summed E-state index contributed by atoms with van der Waals surface area (Å²) in [4.78, 5) is 0. The van der Waals surface area contributed by atoms with E-state index in [2.05, 4.69) is 19.2 Å². The Morgan fingerprint density at radius 2 is 2.13 bits per heavy atom. The zero-order valence-corrected chi connectivity index (χ0v) is 9.51. The van der Waals surface area contributed by atoms with E-state index < -0.39 is 0 Å². The molecule has 2 nitrogen and oxygen atoms in total. The molecule has 0 bridgehead atoms. The van der Waals surface area contributed by atoms with Crippen LogP contribution in [-0.4, -0.2) is 13.7 Å². The Morgan fingerprint density at radius 1 is 1.40 bits per heavy atom. The van der Waals surface area contributed by atoms with E-state index in [1.807, 2.05) is 0 Å². The van der Waals surface area contributed by atoms with Gasteiger partial charge in [0, 0.05) is 6.54 Å². The van der Waals surface area contributed by atoms with Gasteiger partial charge in [-0.25, -0.2) is 4.39 Å². The summed E-state index contributed by atoms with van der Waals surface area (Å²) in [6, 6.07) is 4.93. The van der Waals surface area contributed by atoms with Crippen LogP contribution in [0.5, 0.6) is 5.75 Å². The number of hydrogen-bond donors (Lipinski definition) is 1. The summed E-state index contributed by atoms with van der Waals surface area (Å²) in [7, 11) is 1.48. The molecular formula is C12H18FNO. The molecule has 0 saturated carbocycles. The molecule has 1 aromatic rings. The molecule has 0 aliphatic heterocycles. The van der Waals surface area contributed by atoms with Crippen molar-refractivity contribution in [3.8, 4) is 5.75 Å². The second-order valence-corrected chi connectivity index (χ2v) is 3.99. The van der Waals surface area contributed by atoms with Crippen LogP contribution in [-0.2, 0) is 6.54 Å². The average Bonchev–Trinajstić information content (AvgIpc) is 2.20. The minimum atomic E-state index is -0.315. The van der Waals surface area contributed by atoms with Gasteiger partial charge in [-0.05, 0) is 30.2 Å². The quantitative estimate of drug-likeness (QED) is 0.808. The summed E-state index contributed by atoms with van der Waals surface area (Å²) in [6.45, 7) is 6.00. The van der Waals surface area contributed by atoms with Crippen LogP contribution in [0.3, 0.4) is 0 Å². The highest BCUT2D eigenvalue weighted by Gasteiger charge is 2.03. The minimum absolute atomic E-state index is 0.304.